The van der Waals surface area contributed by atoms with Gasteiger partial charge in [-0.1, -0.05) is 29.8 Å². The van der Waals surface area contributed by atoms with Gasteiger partial charge in [-0.05, 0) is 36.2 Å². The molecule has 0 aliphatic carbocycles. The molecule has 0 radical (unpaired) electrons. The van der Waals surface area contributed by atoms with Crippen LogP contribution >= 0.6 is 11.6 Å². The number of halogens is 2. The third-order valence-corrected chi connectivity index (χ3v) is 3.18. The smallest absolute Gasteiger partial charge is 0.142 e. The molecule has 0 bridgehead atoms. The van der Waals surface area contributed by atoms with Gasteiger partial charge in [0, 0.05) is 5.56 Å². The molecule has 0 aliphatic heterocycles. The van der Waals surface area contributed by atoms with Gasteiger partial charge >= 0.3 is 0 Å². The summed E-state index contributed by atoms with van der Waals surface area (Å²) in [5.74, 6) is 0.127. The molecular formula is C15H14ClFN2O. The van der Waals surface area contributed by atoms with E-state index in [1.54, 1.807) is 18.2 Å². The average molecular weight is 293 g/mol. The summed E-state index contributed by atoms with van der Waals surface area (Å²) in [4.78, 5) is 0. The normalized spacial score (nSPS) is 10.3. The Morgan fingerprint density at radius 2 is 2.05 bits per heavy atom. The van der Waals surface area contributed by atoms with Crippen LogP contribution in [0.3, 0.4) is 0 Å². The highest BCUT2D eigenvalue weighted by Crippen LogP contribution is 2.22. The highest BCUT2D eigenvalue weighted by Gasteiger charge is 2.06. The van der Waals surface area contributed by atoms with Crippen LogP contribution in [-0.2, 0) is 6.61 Å². The third kappa shape index (κ3) is 3.27. The molecule has 5 heteroatoms. The Kier molecular flexibility index (Phi) is 4.25. The Bertz CT molecular complexity index is 658. The van der Waals surface area contributed by atoms with Crippen molar-refractivity contribution in [2.24, 2.45) is 5.73 Å². The molecule has 0 saturated carbocycles. The van der Waals surface area contributed by atoms with Crippen molar-refractivity contribution in [2.45, 2.75) is 13.5 Å². The molecule has 0 atom stereocenters. The summed E-state index contributed by atoms with van der Waals surface area (Å²) in [6, 6.07) is 9.82. The van der Waals surface area contributed by atoms with Crippen LogP contribution in [0.4, 0.5) is 4.39 Å². The number of hydrogen-bond acceptors (Lipinski definition) is 2. The quantitative estimate of drug-likeness (QED) is 0.667. The maximum Gasteiger partial charge on any atom is 0.142 e. The lowest BCUT2D eigenvalue weighted by Crippen LogP contribution is -2.11. The van der Waals surface area contributed by atoms with Gasteiger partial charge in [0.1, 0.15) is 24.0 Å². The van der Waals surface area contributed by atoms with Crippen LogP contribution < -0.4 is 10.5 Å². The number of nitrogens with two attached hydrogens (primary N) is 1. The zero-order valence-electron chi connectivity index (χ0n) is 10.9. The van der Waals surface area contributed by atoms with Crippen LogP contribution in [-0.4, -0.2) is 5.84 Å². The van der Waals surface area contributed by atoms with Gasteiger partial charge in [-0.2, -0.15) is 0 Å². The van der Waals surface area contributed by atoms with Gasteiger partial charge in [-0.3, -0.25) is 5.41 Å². The maximum absolute atomic E-state index is 13.3. The Hall–Kier alpha value is -2.07. The van der Waals surface area contributed by atoms with E-state index in [1.807, 2.05) is 13.0 Å². The molecule has 20 heavy (non-hydrogen) atoms. The molecule has 3 nitrogen and oxygen atoms in total. The lowest BCUT2D eigenvalue weighted by atomic mass is 10.1. The second-order valence-electron chi connectivity index (χ2n) is 4.43. The molecule has 0 fully saturated rings. The zero-order valence-corrected chi connectivity index (χ0v) is 11.7. The molecule has 0 unspecified atom stereocenters. The van der Waals surface area contributed by atoms with Crippen molar-refractivity contribution in [1.29, 1.82) is 5.41 Å². The molecule has 0 heterocycles. The van der Waals surface area contributed by atoms with E-state index in [2.05, 4.69) is 0 Å². The van der Waals surface area contributed by atoms with Crippen LogP contribution in [0.1, 0.15) is 16.7 Å². The van der Waals surface area contributed by atoms with E-state index in [0.717, 1.165) is 5.56 Å². The van der Waals surface area contributed by atoms with Crippen molar-refractivity contribution in [1.82, 2.24) is 0 Å². The van der Waals surface area contributed by atoms with Gasteiger partial charge in [0.05, 0.1) is 5.02 Å². The topological polar surface area (TPSA) is 59.1 Å². The third-order valence-electron chi connectivity index (χ3n) is 2.88. The predicted octanol–water partition coefficient (Wildman–Crippen LogP) is 3.65. The van der Waals surface area contributed by atoms with Crippen molar-refractivity contribution < 1.29 is 9.13 Å². The van der Waals surface area contributed by atoms with E-state index in [4.69, 9.17) is 27.5 Å². The first-order valence-corrected chi connectivity index (χ1v) is 6.37. The molecule has 0 saturated heterocycles. The first kappa shape index (κ1) is 14.3. The summed E-state index contributed by atoms with van der Waals surface area (Å²) < 4.78 is 19.0. The second-order valence-corrected chi connectivity index (χ2v) is 4.84. The number of amidine groups is 1. The fourth-order valence-corrected chi connectivity index (χ4v) is 1.83. The van der Waals surface area contributed by atoms with Gasteiger partial charge in [-0.15, -0.1) is 0 Å². The molecule has 104 valence electrons. The largest absolute Gasteiger partial charge is 0.489 e. The Morgan fingerprint density at radius 1 is 1.30 bits per heavy atom. The average Bonchev–Trinajstić information content (AvgIpc) is 2.41. The minimum absolute atomic E-state index is 0.0209. The second kappa shape index (κ2) is 5.92. The number of aryl methyl sites for hydroxylation is 1. The van der Waals surface area contributed by atoms with E-state index in [0.29, 0.717) is 16.9 Å². The molecule has 2 rings (SSSR count). The highest BCUT2D eigenvalue weighted by atomic mass is 35.5. The first-order valence-electron chi connectivity index (χ1n) is 5.99. The number of rotatable bonds is 4. The van der Waals surface area contributed by atoms with Crippen LogP contribution in [0.5, 0.6) is 5.75 Å². The van der Waals surface area contributed by atoms with Gasteiger partial charge < -0.3 is 10.5 Å². The Balaban J connectivity index is 2.15. The van der Waals surface area contributed by atoms with Crippen LogP contribution in [0, 0.1) is 18.2 Å². The molecule has 0 aromatic heterocycles. The molecule has 3 N–H and O–H groups in total. The van der Waals surface area contributed by atoms with Gasteiger partial charge in [0.15, 0.2) is 0 Å². The van der Waals surface area contributed by atoms with Crippen LogP contribution in [0.15, 0.2) is 36.4 Å². The molecule has 0 aliphatic rings. The maximum atomic E-state index is 13.3. The van der Waals surface area contributed by atoms with E-state index in [9.17, 15) is 4.39 Å². The van der Waals surface area contributed by atoms with Crippen molar-refractivity contribution in [3.8, 4) is 5.75 Å². The Labute approximate surface area is 121 Å². The van der Waals surface area contributed by atoms with Gasteiger partial charge in [0.25, 0.3) is 0 Å². The van der Waals surface area contributed by atoms with E-state index in [1.165, 1.54) is 12.1 Å². The van der Waals surface area contributed by atoms with Crippen molar-refractivity contribution in [3.05, 3.63) is 63.9 Å². The van der Waals surface area contributed by atoms with Crippen molar-refractivity contribution in [2.75, 3.05) is 0 Å². The fourth-order valence-electron chi connectivity index (χ4n) is 1.71. The fraction of sp³-hybridized carbons (Fsp3) is 0.133. The monoisotopic (exact) mass is 292 g/mol. The van der Waals surface area contributed by atoms with Crippen molar-refractivity contribution >= 4 is 17.4 Å². The summed E-state index contributed by atoms with van der Waals surface area (Å²) in [5.41, 5.74) is 7.63. The highest BCUT2D eigenvalue weighted by molar-refractivity contribution is 6.30. The Morgan fingerprint density at radius 3 is 2.70 bits per heavy atom. The molecule has 2 aromatic carbocycles. The summed E-state index contributed by atoms with van der Waals surface area (Å²) in [5, 5.41) is 7.50. The van der Waals surface area contributed by atoms with E-state index in [-0.39, 0.29) is 17.5 Å². The summed E-state index contributed by atoms with van der Waals surface area (Å²) in [7, 11) is 0. The minimum Gasteiger partial charge on any atom is -0.489 e. The summed E-state index contributed by atoms with van der Waals surface area (Å²) >= 11 is 5.63. The first-order chi connectivity index (χ1) is 9.47. The summed E-state index contributed by atoms with van der Waals surface area (Å²) in [6.45, 7) is 2.11. The predicted molar refractivity (Wildman–Crippen MR) is 77.9 cm³/mol. The molecular weight excluding hydrogens is 279 g/mol. The number of nitrogens with one attached hydrogen (secondary N) is 1. The van der Waals surface area contributed by atoms with Crippen LogP contribution in [0.25, 0.3) is 0 Å². The summed E-state index contributed by atoms with van der Waals surface area (Å²) in [6.07, 6.45) is 0. The molecule has 0 spiro atoms. The standard InChI is InChI=1S/C15H14ClFN2O/c1-9-2-4-11(15(18)19)7-14(9)20-8-10-3-5-12(16)13(17)6-10/h2-7H,8H2,1H3,(H3,18,19). The SMILES string of the molecule is Cc1ccc(C(=N)N)cc1OCc1ccc(Cl)c(F)c1. The lowest BCUT2D eigenvalue weighted by molar-refractivity contribution is 0.303. The number of hydrogen-bond donors (Lipinski definition) is 2. The number of nitrogen functional groups attached to an aromatic ring is 1. The number of ether oxygens (including phenoxy) is 1. The van der Waals surface area contributed by atoms with E-state index >= 15 is 0 Å². The van der Waals surface area contributed by atoms with Crippen LogP contribution in [0.2, 0.25) is 5.02 Å². The van der Waals surface area contributed by atoms with Gasteiger partial charge in [-0.25, -0.2) is 4.39 Å². The molecule has 2 aromatic rings. The van der Waals surface area contributed by atoms with Crippen molar-refractivity contribution in [3.63, 3.8) is 0 Å². The zero-order chi connectivity index (χ0) is 14.7. The van der Waals surface area contributed by atoms with E-state index < -0.39 is 5.82 Å². The lowest BCUT2D eigenvalue weighted by Gasteiger charge is -2.11. The minimum atomic E-state index is -0.470. The molecule has 0 amide bonds. The number of benzene rings is 2. The van der Waals surface area contributed by atoms with Gasteiger partial charge in [0.2, 0.25) is 0 Å².